The monoisotopic (exact) mass is 392 g/mol. The van der Waals surface area contributed by atoms with Crippen LogP contribution in [0.2, 0.25) is 0 Å². The molecule has 152 valence electrons. The number of benzene rings is 1. The molecule has 0 fully saturated rings. The number of halogens is 3. The second-order valence-corrected chi connectivity index (χ2v) is 5.31. The molecule has 10 heteroatoms. The normalized spacial score (nSPS) is 13.4. The Labute approximate surface area is 155 Å². The highest BCUT2D eigenvalue weighted by Gasteiger charge is 2.64. The van der Waals surface area contributed by atoms with Gasteiger partial charge in [-0.05, 0) is 38.0 Å². The van der Waals surface area contributed by atoms with E-state index in [1.165, 1.54) is 21.0 Å². The van der Waals surface area contributed by atoms with Gasteiger partial charge in [0.1, 0.15) is 5.75 Å². The average molecular weight is 392 g/mol. The number of esters is 1. The van der Waals surface area contributed by atoms with Gasteiger partial charge in [-0.15, -0.1) is 0 Å². The zero-order chi connectivity index (χ0) is 20.5. The lowest BCUT2D eigenvalue weighted by Crippen LogP contribution is -2.67. The Morgan fingerprint density at radius 1 is 1.07 bits per heavy atom. The van der Waals surface area contributed by atoms with E-state index in [4.69, 9.17) is 4.74 Å². The van der Waals surface area contributed by atoms with Crippen molar-refractivity contribution in [2.75, 3.05) is 26.9 Å². The number of carbonyl (C=O) groups excluding carboxylic acids is 2. The summed E-state index contributed by atoms with van der Waals surface area (Å²) in [6, 6.07) is 5.76. The second kappa shape index (κ2) is 10.0. The van der Waals surface area contributed by atoms with Crippen molar-refractivity contribution in [2.24, 2.45) is 0 Å². The molecule has 1 aromatic carbocycles. The third-order valence-corrected chi connectivity index (χ3v) is 3.47. The molecule has 27 heavy (non-hydrogen) atoms. The van der Waals surface area contributed by atoms with Crippen molar-refractivity contribution in [2.45, 2.75) is 32.2 Å². The molecular formula is C17H23F3N2O5. The van der Waals surface area contributed by atoms with Crippen molar-refractivity contribution in [1.29, 1.82) is 0 Å². The van der Waals surface area contributed by atoms with Gasteiger partial charge in [0, 0.05) is 13.2 Å². The molecule has 1 aromatic rings. The largest absolute Gasteiger partial charge is 0.497 e. The molecule has 0 unspecified atom stereocenters. The van der Waals surface area contributed by atoms with Crippen molar-refractivity contribution in [3.05, 3.63) is 29.8 Å². The van der Waals surface area contributed by atoms with Crippen molar-refractivity contribution < 1.29 is 37.0 Å². The number of urea groups is 1. The Bertz CT molecular complexity index is 622. The second-order valence-electron chi connectivity index (χ2n) is 5.31. The smallest absolute Gasteiger partial charge is 0.448 e. The van der Waals surface area contributed by atoms with E-state index in [1.54, 1.807) is 29.6 Å². The van der Waals surface area contributed by atoms with Gasteiger partial charge in [-0.2, -0.15) is 13.2 Å². The van der Waals surface area contributed by atoms with Crippen LogP contribution in [0.1, 0.15) is 19.4 Å². The molecule has 0 bridgehead atoms. The summed E-state index contributed by atoms with van der Waals surface area (Å²) in [5.41, 5.74) is -2.73. The first-order valence-corrected chi connectivity index (χ1v) is 8.27. The van der Waals surface area contributed by atoms with E-state index >= 15 is 0 Å². The Hall–Kier alpha value is -2.49. The molecule has 0 saturated carbocycles. The summed E-state index contributed by atoms with van der Waals surface area (Å²) in [5, 5.41) is 3.84. The van der Waals surface area contributed by atoms with Crippen LogP contribution >= 0.6 is 0 Å². The number of alkyl halides is 3. The first-order valence-electron chi connectivity index (χ1n) is 8.27. The molecule has 0 aliphatic heterocycles. The zero-order valence-corrected chi connectivity index (χ0v) is 15.3. The fraction of sp³-hybridized carbons (Fsp3) is 0.529. The molecule has 0 saturated heterocycles. The number of rotatable bonds is 9. The number of hydrogen-bond donors (Lipinski definition) is 2. The maximum absolute atomic E-state index is 13.5. The van der Waals surface area contributed by atoms with Gasteiger partial charge < -0.3 is 19.5 Å². The summed E-state index contributed by atoms with van der Waals surface area (Å²) < 4.78 is 54.5. The quantitative estimate of drug-likeness (QED) is 0.498. The molecule has 0 aromatic heterocycles. The molecule has 0 spiro atoms. The molecule has 0 aliphatic rings. The van der Waals surface area contributed by atoms with Crippen LogP contribution in [0.15, 0.2) is 24.3 Å². The van der Waals surface area contributed by atoms with Crippen LogP contribution < -0.4 is 15.4 Å². The van der Waals surface area contributed by atoms with E-state index in [0.29, 0.717) is 12.2 Å². The van der Waals surface area contributed by atoms with Crippen LogP contribution in [0.5, 0.6) is 5.75 Å². The highest BCUT2D eigenvalue weighted by atomic mass is 19.4. The molecule has 7 nitrogen and oxygen atoms in total. The first kappa shape index (κ1) is 22.6. The topological polar surface area (TPSA) is 85.9 Å². The third-order valence-electron chi connectivity index (χ3n) is 3.47. The fourth-order valence-electron chi connectivity index (χ4n) is 2.18. The van der Waals surface area contributed by atoms with Crippen molar-refractivity contribution in [3.63, 3.8) is 0 Å². The van der Waals surface area contributed by atoms with Gasteiger partial charge in [-0.3, -0.25) is 5.32 Å². The maximum atomic E-state index is 13.5. The third kappa shape index (κ3) is 6.02. The lowest BCUT2D eigenvalue weighted by atomic mass is 10.1. The molecule has 2 N–H and O–H groups in total. The van der Waals surface area contributed by atoms with Gasteiger partial charge in [0.05, 0.1) is 13.7 Å². The SMILES string of the molecule is CCOC(=O)[C@@](NC(=O)NCCc1ccc(OC)cc1)(OCC)C(F)(F)F. The minimum Gasteiger partial charge on any atom is -0.497 e. The van der Waals surface area contributed by atoms with Gasteiger partial charge >= 0.3 is 23.9 Å². The molecule has 0 aliphatic carbocycles. The fourth-order valence-corrected chi connectivity index (χ4v) is 2.18. The van der Waals surface area contributed by atoms with Crippen molar-refractivity contribution in [3.8, 4) is 5.75 Å². The Balaban J connectivity index is 2.75. The van der Waals surface area contributed by atoms with E-state index in [-0.39, 0.29) is 13.2 Å². The van der Waals surface area contributed by atoms with E-state index in [9.17, 15) is 22.8 Å². The predicted octanol–water partition coefficient (Wildman–Crippen LogP) is 2.40. The number of hydrogen-bond acceptors (Lipinski definition) is 5. The van der Waals surface area contributed by atoms with E-state index in [0.717, 1.165) is 5.56 Å². The van der Waals surface area contributed by atoms with Gasteiger partial charge in [0.15, 0.2) is 0 Å². The molecule has 0 radical (unpaired) electrons. The zero-order valence-electron chi connectivity index (χ0n) is 15.3. The van der Waals surface area contributed by atoms with Crippen LogP contribution in [0.25, 0.3) is 0 Å². The van der Waals surface area contributed by atoms with Gasteiger partial charge in [0.2, 0.25) is 0 Å². The summed E-state index contributed by atoms with van der Waals surface area (Å²) in [4.78, 5) is 23.8. The highest BCUT2D eigenvalue weighted by molar-refractivity contribution is 5.87. The number of carbonyl (C=O) groups is 2. The van der Waals surface area contributed by atoms with Crippen LogP contribution in [-0.2, 0) is 20.7 Å². The summed E-state index contributed by atoms with van der Waals surface area (Å²) in [5.74, 6) is -1.07. The Kier molecular flexibility index (Phi) is 8.35. The summed E-state index contributed by atoms with van der Waals surface area (Å²) >= 11 is 0. The number of methoxy groups -OCH3 is 1. The molecular weight excluding hydrogens is 369 g/mol. The van der Waals surface area contributed by atoms with Crippen LogP contribution in [0.4, 0.5) is 18.0 Å². The lowest BCUT2D eigenvalue weighted by molar-refractivity contribution is -0.283. The van der Waals surface area contributed by atoms with E-state index in [1.807, 2.05) is 0 Å². The Morgan fingerprint density at radius 3 is 2.19 bits per heavy atom. The highest BCUT2D eigenvalue weighted by Crippen LogP contribution is 2.33. The van der Waals surface area contributed by atoms with Gasteiger partial charge in [-0.25, -0.2) is 9.59 Å². The lowest BCUT2D eigenvalue weighted by Gasteiger charge is -2.33. The summed E-state index contributed by atoms with van der Waals surface area (Å²) in [7, 11) is 1.52. The summed E-state index contributed by atoms with van der Waals surface area (Å²) in [6.07, 6.45) is -4.84. The summed E-state index contributed by atoms with van der Waals surface area (Å²) in [6.45, 7) is 1.89. The average Bonchev–Trinajstić information content (AvgIpc) is 2.61. The van der Waals surface area contributed by atoms with Crippen LogP contribution in [-0.4, -0.2) is 50.8 Å². The van der Waals surface area contributed by atoms with Crippen molar-refractivity contribution >= 4 is 12.0 Å². The number of nitrogens with one attached hydrogen (secondary N) is 2. The minimum absolute atomic E-state index is 0.0427. The van der Waals surface area contributed by atoms with E-state index in [2.05, 4.69) is 14.8 Å². The number of amides is 2. The predicted molar refractivity (Wildman–Crippen MR) is 90.3 cm³/mol. The molecule has 1 atom stereocenters. The van der Waals surface area contributed by atoms with Crippen molar-refractivity contribution in [1.82, 2.24) is 10.6 Å². The van der Waals surface area contributed by atoms with Crippen LogP contribution in [0, 0.1) is 0 Å². The van der Waals surface area contributed by atoms with Gasteiger partial charge in [-0.1, -0.05) is 12.1 Å². The standard InChI is InChI=1S/C17H23F3N2O5/c1-4-26-14(23)16(27-5-2,17(18,19)20)22-15(24)21-11-10-12-6-8-13(25-3)9-7-12/h6-9H,4-5,10-11H2,1-3H3,(H2,21,22,24)/t16-/m1/s1. The minimum atomic E-state index is -5.21. The molecule has 2 amide bonds. The molecule has 0 heterocycles. The first-order chi connectivity index (χ1) is 12.7. The number of ether oxygens (including phenoxy) is 3. The molecule has 1 rings (SSSR count). The van der Waals surface area contributed by atoms with E-state index < -0.39 is 30.5 Å². The maximum Gasteiger partial charge on any atom is 0.448 e. The Morgan fingerprint density at radius 2 is 1.70 bits per heavy atom. The van der Waals surface area contributed by atoms with Gasteiger partial charge in [0.25, 0.3) is 0 Å². The van der Waals surface area contributed by atoms with Crippen LogP contribution in [0.3, 0.4) is 0 Å².